The summed E-state index contributed by atoms with van der Waals surface area (Å²) in [5, 5.41) is 20.5. The highest BCUT2D eigenvalue weighted by Crippen LogP contribution is 2.29. The number of anilines is 2. The molecule has 0 unspecified atom stereocenters. The van der Waals surface area contributed by atoms with E-state index in [1.807, 2.05) is 63.2 Å². The molecule has 1 aliphatic rings. The SMILES string of the molecule is CC(C)NC(=O)Nc1ccc2c(c1)CC(=O)N([C@@H](C)CO)C[C@H](C)[C@@H](CN(C)C(=O)Nc1cccc3ccccc13)O2. The second kappa shape index (κ2) is 13.6. The van der Waals surface area contributed by atoms with Gasteiger partial charge in [-0.15, -0.1) is 0 Å². The summed E-state index contributed by atoms with van der Waals surface area (Å²) in [4.78, 5) is 42.3. The van der Waals surface area contributed by atoms with E-state index in [2.05, 4.69) is 16.0 Å². The molecule has 1 heterocycles. The zero-order chi connectivity index (χ0) is 30.4. The number of ether oxygens (including phenoxy) is 1. The van der Waals surface area contributed by atoms with Crippen LogP contribution in [0.1, 0.15) is 33.3 Å². The number of carbonyl (C=O) groups excluding carboxylic acids is 3. The second-order valence-corrected chi connectivity index (χ2v) is 11.3. The molecule has 1 aliphatic heterocycles. The molecule has 42 heavy (non-hydrogen) atoms. The lowest BCUT2D eigenvalue weighted by Gasteiger charge is -2.34. The molecule has 3 atom stereocenters. The Hall–Kier alpha value is -4.31. The largest absolute Gasteiger partial charge is 0.488 e. The van der Waals surface area contributed by atoms with E-state index in [9.17, 15) is 19.5 Å². The normalized spacial score (nSPS) is 17.8. The van der Waals surface area contributed by atoms with Crippen molar-refractivity contribution in [3.63, 3.8) is 0 Å². The third-order valence-electron chi connectivity index (χ3n) is 7.43. The van der Waals surface area contributed by atoms with Crippen LogP contribution >= 0.6 is 0 Å². The molecule has 3 aromatic carbocycles. The van der Waals surface area contributed by atoms with Crippen LogP contribution in [0.4, 0.5) is 21.0 Å². The van der Waals surface area contributed by atoms with E-state index in [0.29, 0.717) is 29.2 Å². The number of benzene rings is 3. The van der Waals surface area contributed by atoms with E-state index in [0.717, 1.165) is 10.8 Å². The third-order valence-corrected chi connectivity index (χ3v) is 7.43. The van der Waals surface area contributed by atoms with Gasteiger partial charge in [0, 0.05) is 42.2 Å². The fourth-order valence-electron chi connectivity index (χ4n) is 5.05. The van der Waals surface area contributed by atoms with Gasteiger partial charge in [-0.05, 0) is 50.4 Å². The van der Waals surface area contributed by atoms with Gasteiger partial charge < -0.3 is 35.6 Å². The number of hydrogen-bond acceptors (Lipinski definition) is 5. The second-order valence-electron chi connectivity index (χ2n) is 11.3. The molecule has 0 bridgehead atoms. The standard InChI is InChI=1S/C32H41N5O5/c1-20(2)33-31(40)34-25-13-14-28-24(15-25)16-30(39)37(22(4)19-38)17-21(3)29(42-28)18-36(5)32(41)35-27-12-8-10-23-9-6-7-11-26(23)27/h6-15,20-22,29,38H,16-19H2,1-5H3,(H,35,41)(H2,33,34,40)/t21-,22-,29+/m0/s1. The van der Waals surface area contributed by atoms with Crippen molar-refractivity contribution in [1.82, 2.24) is 15.1 Å². The van der Waals surface area contributed by atoms with Crippen LogP contribution in [-0.4, -0.2) is 77.8 Å². The first-order valence-corrected chi connectivity index (χ1v) is 14.3. The molecule has 0 aliphatic carbocycles. The maximum Gasteiger partial charge on any atom is 0.321 e. The first kappa shape index (κ1) is 30.6. The van der Waals surface area contributed by atoms with Gasteiger partial charge in [0.05, 0.1) is 31.3 Å². The van der Waals surface area contributed by atoms with Gasteiger partial charge in [0.2, 0.25) is 5.91 Å². The summed E-state index contributed by atoms with van der Waals surface area (Å²) in [6, 6.07) is 17.8. The minimum Gasteiger partial charge on any atom is -0.488 e. The van der Waals surface area contributed by atoms with Crippen molar-refractivity contribution >= 4 is 40.1 Å². The van der Waals surface area contributed by atoms with Gasteiger partial charge in [-0.2, -0.15) is 0 Å². The Bertz CT molecular complexity index is 1420. The first-order valence-electron chi connectivity index (χ1n) is 14.3. The molecule has 4 rings (SSSR count). The average molecular weight is 576 g/mol. The van der Waals surface area contributed by atoms with Gasteiger partial charge in [-0.25, -0.2) is 9.59 Å². The Balaban J connectivity index is 1.58. The van der Waals surface area contributed by atoms with Crippen LogP contribution < -0.4 is 20.7 Å². The molecule has 224 valence electrons. The lowest BCUT2D eigenvalue weighted by molar-refractivity contribution is -0.134. The number of hydrogen-bond donors (Lipinski definition) is 4. The third kappa shape index (κ3) is 7.50. The number of amides is 5. The van der Waals surface area contributed by atoms with Crippen molar-refractivity contribution in [2.24, 2.45) is 5.92 Å². The number of nitrogens with one attached hydrogen (secondary N) is 3. The van der Waals surface area contributed by atoms with E-state index >= 15 is 0 Å². The Morgan fingerprint density at radius 3 is 2.55 bits per heavy atom. The van der Waals surface area contributed by atoms with Crippen LogP contribution in [0, 0.1) is 5.92 Å². The van der Waals surface area contributed by atoms with Crippen LogP contribution in [0.3, 0.4) is 0 Å². The fraction of sp³-hybridized carbons (Fsp3) is 0.406. The molecule has 10 nitrogen and oxygen atoms in total. The van der Waals surface area contributed by atoms with Gasteiger partial charge in [0.25, 0.3) is 0 Å². The summed E-state index contributed by atoms with van der Waals surface area (Å²) in [5.41, 5.74) is 1.86. The van der Waals surface area contributed by atoms with Crippen LogP contribution in [-0.2, 0) is 11.2 Å². The van der Waals surface area contributed by atoms with Gasteiger partial charge in [0.1, 0.15) is 11.9 Å². The number of rotatable bonds is 7. The highest BCUT2D eigenvalue weighted by atomic mass is 16.5. The molecule has 4 N–H and O–H groups in total. The molecule has 0 saturated carbocycles. The van der Waals surface area contributed by atoms with Crippen molar-refractivity contribution in [2.75, 3.05) is 37.4 Å². The van der Waals surface area contributed by atoms with Gasteiger partial charge in [-0.1, -0.05) is 43.3 Å². The molecule has 10 heteroatoms. The maximum absolute atomic E-state index is 13.4. The Kier molecular flexibility index (Phi) is 9.90. The number of carbonyl (C=O) groups is 3. The monoisotopic (exact) mass is 575 g/mol. The van der Waals surface area contributed by atoms with Crippen molar-refractivity contribution < 1.29 is 24.2 Å². The summed E-state index contributed by atoms with van der Waals surface area (Å²) in [6.45, 7) is 7.94. The van der Waals surface area contributed by atoms with Gasteiger partial charge >= 0.3 is 12.1 Å². The number of aliphatic hydroxyl groups excluding tert-OH is 1. The van der Waals surface area contributed by atoms with E-state index in [4.69, 9.17) is 4.74 Å². The number of aliphatic hydroxyl groups is 1. The number of fused-ring (bicyclic) bond motifs is 2. The van der Waals surface area contributed by atoms with Crippen molar-refractivity contribution in [3.8, 4) is 5.75 Å². The fourth-order valence-corrected chi connectivity index (χ4v) is 5.05. The lowest BCUT2D eigenvalue weighted by Crippen LogP contribution is -2.48. The lowest BCUT2D eigenvalue weighted by atomic mass is 10.0. The van der Waals surface area contributed by atoms with E-state index in [1.165, 1.54) is 0 Å². The Morgan fingerprint density at radius 2 is 1.81 bits per heavy atom. The Morgan fingerprint density at radius 1 is 1.07 bits per heavy atom. The summed E-state index contributed by atoms with van der Waals surface area (Å²) in [6.07, 6.45) is -0.424. The predicted molar refractivity (Wildman–Crippen MR) is 165 cm³/mol. The minimum absolute atomic E-state index is 0.0339. The highest BCUT2D eigenvalue weighted by Gasteiger charge is 2.32. The van der Waals surface area contributed by atoms with E-state index in [1.54, 1.807) is 42.0 Å². The van der Waals surface area contributed by atoms with Crippen molar-refractivity contribution in [3.05, 3.63) is 66.2 Å². The molecular formula is C32H41N5O5. The molecule has 0 spiro atoms. The van der Waals surface area contributed by atoms with Gasteiger partial charge in [0.15, 0.2) is 0 Å². The first-order chi connectivity index (χ1) is 20.0. The smallest absolute Gasteiger partial charge is 0.321 e. The summed E-state index contributed by atoms with van der Waals surface area (Å²) >= 11 is 0. The zero-order valence-electron chi connectivity index (χ0n) is 24.9. The van der Waals surface area contributed by atoms with E-state index < -0.39 is 12.1 Å². The quantitative estimate of drug-likeness (QED) is 0.326. The highest BCUT2D eigenvalue weighted by molar-refractivity contribution is 6.01. The molecule has 0 fully saturated rings. The number of nitrogens with zero attached hydrogens (tertiary/aromatic N) is 2. The molecular weight excluding hydrogens is 534 g/mol. The summed E-state index contributed by atoms with van der Waals surface area (Å²) < 4.78 is 6.51. The molecule has 0 saturated heterocycles. The molecule has 5 amide bonds. The van der Waals surface area contributed by atoms with Crippen LogP contribution in [0.5, 0.6) is 5.75 Å². The van der Waals surface area contributed by atoms with Crippen LogP contribution in [0.2, 0.25) is 0 Å². The molecule has 0 radical (unpaired) electrons. The number of urea groups is 2. The predicted octanol–water partition coefficient (Wildman–Crippen LogP) is 4.68. The van der Waals surface area contributed by atoms with Gasteiger partial charge in [-0.3, -0.25) is 4.79 Å². The Labute approximate surface area is 247 Å². The van der Waals surface area contributed by atoms with E-state index in [-0.39, 0.29) is 49.5 Å². The topological polar surface area (TPSA) is 123 Å². The number of likely N-dealkylation sites (N-methyl/N-ethyl adjacent to an activating group) is 1. The molecule has 0 aromatic heterocycles. The van der Waals surface area contributed by atoms with Crippen molar-refractivity contribution in [2.45, 2.75) is 52.3 Å². The van der Waals surface area contributed by atoms with Crippen LogP contribution in [0.15, 0.2) is 60.7 Å². The zero-order valence-corrected chi connectivity index (χ0v) is 24.9. The maximum atomic E-state index is 13.4. The minimum atomic E-state index is -0.464. The van der Waals surface area contributed by atoms with Crippen LogP contribution in [0.25, 0.3) is 10.8 Å². The summed E-state index contributed by atoms with van der Waals surface area (Å²) in [7, 11) is 1.71. The summed E-state index contributed by atoms with van der Waals surface area (Å²) in [5.74, 6) is 0.187. The average Bonchev–Trinajstić information content (AvgIpc) is 2.99. The van der Waals surface area contributed by atoms with Crippen molar-refractivity contribution in [1.29, 1.82) is 0 Å². The molecule has 3 aromatic rings.